The van der Waals surface area contributed by atoms with Gasteiger partial charge in [0.2, 0.25) is 0 Å². The number of hydrogen-bond donors (Lipinski definition) is 0. The van der Waals surface area contributed by atoms with Crippen LogP contribution in [0.2, 0.25) is 0 Å². The quantitative estimate of drug-likeness (QED) is 0.589. The zero-order valence-electron chi connectivity index (χ0n) is 9.64. The van der Waals surface area contributed by atoms with E-state index in [2.05, 4.69) is 0 Å². The Morgan fingerprint density at radius 3 is 3.12 bits per heavy atom. The van der Waals surface area contributed by atoms with Crippen molar-refractivity contribution < 1.29 is 19.1 Å². The van der Waals surface area contributed by atoms with Crippen LogP contribution in [-0.4, -0.2) is 25.5 Å². The molecule has 17 heavy (non-hydrogen) atoms. The summed E-state index contributed by atoms with van der Waals surface area (Å²) in [5.74, 6) is 0.232. The maximum absolute atomic E-state index is 11.6. The van der Waals surface area contributed by atoms with Gasteiger partial charge < -0.3 is 9.47 Å². The Hall–Kier alpha value is -1.84. The molecule has 4 heteroatoms. The molecule has 1 aromatic rings. The van der Waals surface area contributed by atoms with Gasteiger partial charge in [-0.1, -0.05) is 0 Å². The number of benzene rings is 1. The van der Waals surface area contributed by atoms with Crippen LogP contribution in [0, 0.1) is 5.92 Å². The van der Waals surface area contributed by atoms with Gasteiger partial charge in [-0.05, 0) is 37.1 Å². The molecule has 0 saturated carbocycles. The number of fused-ring (bicyclic) bond motifs is 1. The second-order valence-electron chi connectivity index (χ2n) is 3.95. The number of carbonyl (C=O) groups excluding carboxylic acids is 2. The van der Waals surface area contributed by atoms with E-state index in [4.69, 9.17) is 9.47 Å². The Morgan fingerprint density at radius 2 is 2.41 bits per heavy atom. The highest BCUT2D eigenvalue weighted by Crippen LogP contribution is 2.28. The van der Waals surface area contributed by atoms with Crippen LogP contribution in [0.25, 0.3) is 0 Å². The molecule has 1 atom stereocenters. The lowest BCUT2D eigenvalue weighted by atomic mass is 9.95. The molecule has 90 valence electrons. The number of aldehydes is 1. The molecule has 1 aliphatic heterocycles. The van der Waals surface area contributed by atoms with Crippen LogP contribution in [0.4, 0.5) is 0 Å². The Bertz CT molecular complexity index is 439. The second-order valence-corrected chi connectivity index (χ2v) is 3.95. The fraction of sp³-hybridized carbons (Fsp3) is 0.385. The van der Waals surface area contributed by atoms with Crippen LogP contribution >= 0.6 is 0 Å². The predicted octanol–water partition coefficient (Wildman–Crippen LogP) is 1.61. The van der Waals surface area contributed by atoms with Crippen molar-refractivity contribution in [3.8, 4) is 5.75 Å². The zero-order valence-corrected chi connectivity index (χ0v) is 9.64. The lowest BCUT2D eigenvalue weighted by Gasteiger charge is -2.24. The Kier molecular flexibility index (Phi) is 3.42. The van der Waals surface area contributed by atoms with Crippen molar-refractivity contribution in [2.75, 3.05) is 13.2 Å². The molecule has 1 heterocycles. The Labute approximate surface area is 99.5 Å². The van der Waals surface area contributed by atoms with Crippen molar-refractivity contribution in [3.63, 3.8) is 0 Å². The monoisotopic (exact) mass is 234 g/mol. The minimum Gasteiger partial charge on any atom is -0.492 e. The van der Waals surface area contributed by atoms with E-state index in [-0.39, 0.29) is 11.9 Å². The van der Waals surface area contributed by atoms with E-state index in [9.17, 15) is 9.59 Å². The van der Waals surface area contributed by atoms with E-state index in [0.29, 0.717) is 25.2 Å². The van der Waals surface area contributed by atoms with Crippen LogP contribution in [0.15, 0.2) is 18.2 Å². The molecule has 0 bridgehead atoms. The normalized spacial score (nSPS) is 17.8. The molecule has 1 unspecified atom stereocenters. The molecule has 0 amide bonds. The Morgan fingerprint density at radius 1 is 1.59 bits per heavy atom. The van der Waals surface area contributed by atoms with E-state index in [1.54, 1.807) is 25.1 Å². The zero-order chi connectivity index (χ0) is 12.3. The molecule has 0 spiro atoms. The van der Waals surface area contributed by atoms with Crippen molar-refractivity contribution >= 4 is 12.3 Å². The van der Waals surface area contributed by atoms with Crippen molar-refractivity contribution in [2.45, 2.75) is 13.3 Å². The maximum Gasteiger partial charge on any atom is 0.312 e. The standard InChI is InChI=1S/C13H14O4/c1-2-16-13(15)11-6-10-5-9(7-14)3-4-12(10)17-8-11/h3-5,7,11H,2,6,8H2,1H3. The molecule has 1 aliphatic rings. The third kappa shape index (κ3) is 2.46. The number of ether oxygens (including phenoxy) is 2. The molecule has 4 nitrogen and oxygen atoms in total. The molecule has 2 rings (SSSR count). The SMILES string of the molecule is CCOC(=O)C1COc2ccc(C=O)cc2C1. The first kappa shape index (κ1) is 11.6. The van der Waals surface area contributed by atoms with Crippen LogP contribution in [0.3, 0.4) is 0 Å². The van der Waals surface area contributed by atoms with Crippen molar-refractivity contribution in [3.05, 3.63) is 29.3 Å². The summed E-state index contributed by atoms with van der Waals surface area (Å²) in [5, 5.41) is 0. The van der Waals surface area contributed by atoms with E-state index < -0.39 is 0 Å². The van der Waals surface area contributed by atoms with E-state index >= 15 is 0 Å². The van der Waals surface area contributed by atoms with Gasteiger partial charge in [-0.15, -0.1) is 0 Å². The minimum absolute atomic E-state index is 0.241. The number of carbonyl (C=O) groups is 2. The lowest BCUT2D eigenvalue weighted by molar-refractivity contribution is -0.149. The summed E-state index contributed by atoms with van der Waals surface area (Å²) in [6.07, 6.45) is 1.35. The van der Waals surface area contributed by atoms with Crippen LogP contribution in [0.1, 0.15) is 22.8 Å². The largest absolute Gasteiger partial charge is 0.492 e. The molecule has 0 aromatic heterocycles. The van der Waals surface area contributed by atoms with E-state index in [1.165, 1.54) is 0 Å². The smallest absolute Gasteiger partial charge is 0.312 e. The molecular formula is C13H14O4. The fourth-order valence-corrected chi connectivity index (χ4v) is 1.90. The van der Waals surface area contributed by atoms with Gasteiger partial charge in [0, 0.05) is 5.56 Å². The summed E-state index contributed by atoms with van der Waals surface area (Å²) in [6, 6.07) is 5.23. The van der Waals surface area contributed by atoms with Gasteiger partial charge in [0.05, 0.1) is 12.5 Å². The van der Waals surface area contributed by atoms with Crippen molar-refractivity contribution in [1.29, 1.82) is 0 Å². The first-order valence-corrected chi connectivity index (χ1v) is 5.62. The number of esters is 1. The summed E-state index contributed by atoms with van der Waals surface area (Å²) < 4.78 is 10.5. The third-order valence-corrected chi connectivity index (χ3v) is 2.75. The van der Waals surface area contributed by atoms with Gasteiger partial charge in [-0.2, -0.15) is 0 Å². The molecule has 0 fully saturated rings. The third-order valence-electron chi connectivity index (χ3n) is 2.75. The number of hydrogen-bond acceptors (Lipinski definition) is 4. The summed E-state index contributed by atoms with van der Waals surface area (Å²) >= 11 is 0. The first-order valence-electron chi connectivity index (χ1n) is 5.62. The van der Waals surface area contributed by atoms with Gasteiger partial charge in [0.25, 0.3) is 0 Å². The fourth-order valence-electron chi connectivity index (χ4n) is 1.90. The molecular weight excluding hydrogens is 220 g/mol. The van der Waals surface area contributed by atoms with E-state index in [0.717, 1.165) is 17.6 Å². The highest BCUT2D eigenvalue weighted by atomic mass is 16.5. The molecule has 0 radical (unpaired) electrons. The predicted molar refractivity (Wildman–Crippen MR) is 61.2 cm³/mol. The highest BCUT2D eigenvalue weighted by molar-refractivity contribution is 5.77. The first-order chi connectivity index (χ1) is 8.24. The molecule has 0 N–H and O–H groups in total. The summed E-state index contributed by atoms with van der Waals surface area (Å²) in [6.45, 7) is 2.49. The molecule has 1 aromatic carbocycles. The Balaban J connectivity index is 2.16. The minimum atomic E-state index is -0.274. The average Bonchev–Trinajstić information content (AvgIpc) is 2.37. The van der Waals surface area contributed by atoms with Gasteiger partial charge in [-0.25, -0.2) is 0 Å². The van der Waals surface area contributed by atoms with Gasteiger partial charge in [0.1, 0.15) is 18.6 Å². The van der Waals surface area contributed by atoms with Gasteiger partial charge in [-0.3, -0.25) is 9.59 Å². The topological polar surface area (TPSA) is 52.6 Å². The van der Waals surface area contributed by atoms with Crippen LogP contribution in [0.5, 0.6) is 5.75 Å². The van der Waals surface area contributed by atoms with Gasteiger partial charge >= 0.3 is 5.97 Å². The summed E-state index contributed by atoms with van der Waals surface area (Å²) in [4.78, 5) is 22.3. The maximum atomic E-state index is 11.6. The van der Waals surface area contributed by atoms with Crippen LogP contribution in [-0.2, 0) is 16.0 Å². The molecule has 0 aliphatic carbocycles. The van der Waals surface area contributed by atoms with Gasteiger partial charge in [0.15, 0.2) is 0 Å². The number of rotatable bonds is 3. The lowest BCUT2D eigenvalue weighted by Crippen LogP contribution is -2.29. The second kappa shape index (κ2) is 4.99. The molecule has 0 saturated heterocycles. The summed E-state index contributed by atoms with van der Waals surface area (Å²) in [7, 11) is 0. The highest BCUT2D eigenvalue weighted by Gasteiger charge is 2.27. The van der Waals surface area contributed by atoms with Crippen molar-refractivity contribution in [2.24, 2.45) is 5.92 Å². The van der Waals surface area contributed by atoms with E-state index in [1.807, 2.05) is 0 Å². The summed E-state index contributed by atoms with van der Waals surface area (Å²) in [5.41, 5.74) is 1.48. The van der Waals surface area contributed by atoms with Crippen LogP contribution < -0.4 is 4.74 Å². The van der Waals surface area contributed by atoms with Crippen molar-refractivity contribution in [1.82, 2.24) is 0 Å². The average molecular weight is 234 g/mol.